The van der Waals surface area contributed by atoms with Crippen LogP contribution in [0.1, 0.15) is 24.0 Å². The fourth-order valence-corrected chi connectivity index (χ4v) is 3.37. The maximum atomic E-state index is 14.1. The van der Waals surface area contributed by atoms with E-state index in [2.05, 4.69) is 0 Å². The number of fused-ring (bicyclic) bond motifs is 1. The molecule has 29 heavy (non-hydrogen) atoms. The number of amides is 2. The number of halogens is 3. The summed E-state index contributed by atoms with van der Waals surface area (Å²) in [6.45, 7) is -0.191. The molecule has 8 nitrogen and oxygen atoms in total. The van der Waals surface area contributed by atoms with E-state index in [1.807, 2.05) is 10.3 Å². The molecule has 2 aliphatic rings. The molecule has 1 aliphatic heterocycles. The van der Waals surface area contributed by atoms with Crippen LogP contribution in [0.3, 0.4) is 0 Å². The Morgan fingerprint density at radius 1 is 1.17 bits per heavy atom. The number of alkyl halides is 3. The van der Waals surface area contributed by atoms with Gasteiger partial charge in [-0.05, 0) is 18.4 Å². The predicted molar refractivity (Wildman–Crippen MR) is 94.1 cm³/mol. The van der Waals surface area contributed by atoms with E-state index >= 15 is 0 Å². The lowest BCUT2D eigenvalue weighted by Gasteiger charge is -2.30. The Labute approximate surface area is 160 Å². The van der Waals surface area contributed by atoms with Crippen molar-refractivity contribution in [3.05, 3.63) is 62.3 Å². The third kappa shape index (κ3) is 2.93. The molecule has 0 unspecified atom stereocenters. The largest absolute Gasteiger partial charge is 0.425 e. The monoisotopic (exact) mass is 408 g/mol. The summed E-state index contributed by atoms with van der Waals surface area (Å²) in [4.78, 5) is 51.2. The van der Waals surface area contributed by atoms with Crippen molar-refractivity contribution in [3.8, 4) is 0 Å². The molecule has 2 amide bonds. The summed E-state index contributed by atoms with van der Waals surface area (Å²) in [5.74, 6) is -3.82. The maximum absolute atomic E-state index is 14.1. The summed E-state index contributed by atoms with van der Waals surface area (Å²) in [6, 6.07) is 8.31. The number of aromatic nitrogens is 2. The van der Waals surface area contributed by atoms with Gasteiger partial charge in [-0.3, -0.25) is 23.9 Å². The number of hydrogen-bond acceptors (Lipinski definition) is 4. The number of carbonyl (C=O) groups is 2. The van der Waals surface area contributed by atoms with E-state index in [0.717, 1.165) is 4.57 Å². The van der Waals surface area contributed by atoms with Crippen LogP contribution in [-0.4, -0.2) is 27.5 Å². The number of carbonyl (C=O) groups excluding carboxylic acids is 2. The number of nitrogens with zero attached hydrogens (tertiary/aromatic N) is 1. The molecule has 1 atom stereocenters. The van der Waals surface area contributed by atoms with Gasteiger partial charge in [-0.15, -0.1) is 0 Å². The van der Waals surface area contributed by atoms with E-state index in [9.17, 15) is 32.3 Å². The minimum atomic E-state index is -5.31. The average Bonchev–Trinajstić information content (AvgIpc) is 3.44. The van der Waals surface area contributed by atoms with Crippen molar-refractivity contribution in [2.45, 2.75) is 31.1 Å². The smallest absolute Gasteiger partial charge is 0.330 e. The van der Waals surface area contributed by atoms with Crippen LogP contribution in [0, 0.1) is 5.92 Å². The van der Waals surface area contributed by atoms with Gasteiger partial charge in [-0.25, -0.2) is 4.79 Å². The SMILES string of the molecule is O=C(N[C@@]1(C(F)(F)F)C(=O)Nc2c1c(=O)[nH]c(=O)n2Cc1ccccc1)C1CC1. The zero-order chi connectivity index (χ0) is 21.0. The first-order chi connectivity index (χ1) is 13.6. The topological polar surface area (TPSA) is 113 Å². The van der Waals surface area contributed by atoms with Crippen molar-refractivity contribution in [1.29, 1.82) is 0 Å². The van der Waals surface area contributed by atoms with Gasteiger partial charge in [-0.1, -0.05) is 30.3 Å². The minimum Gasteiger partial charge on any atom is -0.330 e. The van der Waals surface area contributed by atoms with E-state index in [1.165, 1.54) is 0 Å². The quantitative estimate of drug-likeness (QED) is 0.695. The normalized spacial score (nSPS) is 20.9. The Kier molecular flexibility index (Phi) is 4.14. The minimum absolute atomic E-state index is 0.191. The van der Waals surface area contributed by atoms with Crippen molar-refractivity contribution in [2.24, 2.45) is 5.92 Å². The molecule has 0 bridgehead atoms. The highest BCUT2D eigenvalue weighted by atomic mass is 19.4. The molecule has 2 aromatic rings. The van der Waals surface area contributed by atoms with Gasteiger partial charge in [0.25, 0.3) is 11.5 Å². The summed E-state index contributed by atoms with van der Waals surface area (Å²) in [6.07, 6.45) is -4.51. The second-order valence-electron chi connectivity index (χ2n) is 7.02. The highest BCUT2D eigenvalue weighted by Gasteiger charge is 2.68. The molecule has 152 valence electrons. The van der Waals surface area contributed by atoms with Crippen LogP contribution in [0.4, 0.5) is 19.0 Å². The van der Waals surface area contributed by atoms with Gasteiger partial charge < -0.3 is 10.6 Å². The van der Waals surface area contributed by atoms with Crippen LogP contribution >= 0.6 is 0 Å². The fraction of sp³-hybridized carbons (Fsp3) is 0.333. The molecule has 0 spiro atoms. The maximum Gasteiger partial charge on any atom is 0.425 e. The van der Waals surface area contributed by atoms with Gasteiger partial charge in [0.2, 0.25) is 11.4 Å². The van der Waals surface area contributed by atoms with E-state index in [4.69, 9.17) is 0 Å². The standard InChI is InChI=1S/C18H15F3N4O4/c19-18(20,21)17(24-13(26)10-6-7-10)11-12(22-15(17)28)25(16(29)23-14(11)27)8-9-4-2-1-3-5-9/h1-5,10H,6-8H2,(H,22,28)(H,24,26)(H,23,27,29)/t17-/m1/s1. The van der Waals surface area contributed by atoms with Crippen molar-refractivity contribution in [2.75, 3.05) is 5.32 Å². The zero-order valence-electron chi connectivity index (χ0n) is 14.8. The number of rotatable bonds is 4. The highest BCUT2D eigenvalue weighted by molar-refractivity contribution is 6.07. The number of aromatic amines is 1. The summed E-state index contributed by atoms with van der Waals surface area (Å²) < 4.78 is 43.2. The zero-order valence-corrected chi connectivity index (χ0v) is 14.8. The summed E-state index contributed by atoms with van der Waals surface area (Å²) in [5, 5.41) is 3.74. The molecule has 1 saturated carbocycles. The fourth-order valence-electron chi connectivity index (χ4n) is 3.37. The van der Waals surface area contributed by atoms with E-state index in [0.29, 0.717) is 18.4 Å². The van der Waals surface area contributed by atoms with Crippen LogP contribution in [0.2, 0.25) is 0 Å². The van der Waals surface area contributed by atoms with Crippen molar-refractivity contribution in [1.82, 2.24) is 14.9 Å². The number of nitrogens with one attached hydrogen (secondary N) is 3. The first-order valence-corrected chi connectivity index (χ1v) is 8.77. The van der Waals surface area contributed by atoms with E-state index in [-0.39, 0.29) is 6.54 Å². The lowest BCUT2D eigenvalue weighted by atomic mass is 9.91. The molecule has 11 heteroatoms. The number of benzene rings is 1. The lowest BCUT2D eigenvalue weighted by Crippen LogP contribution is -2.62. The molecule has 4 rings (SSSR count). The van der Waals surface area contributed by atoms with Crippen LogP contribution in [-0.2, 0) is 21.7 Å². The third-order valence-corrected chi connectivity index (χ3v) is 5.01. The van der Waals surface area contributed by atoms with Gasteiger partial charge in [0, 0.05) is 5.92 Å². The Hall–Kier alpha value is -3.37. The highest BCUT2D eigenvalue weighted by Crippen LogP contribution is 2.45. The van der Waals surface area contributed by atoms with Gasteiger partial charge in [0.1, 0.15) is 11.4 Å². The molecular formula is C18H15F3N4O4. The number of anilines is 1. The third-order valence-electron chi connectivity index (χ3n) is 5.01. The predicted octanol–water partition coefficient (Wildman–Crippen LogP) is 0.821. The van der Waals surface area contributed by atoms with Gasteiger partial charge >= 0.3 is 11.9 Å². The molecule has 1 aromatic carbocycles. The molecule has 0 radical (unpaired) electrons. The molecule has 1 fully saturated rings. The summed E-state index contributed by atoms with van der Waals surface area (Å²) in [5.41, 5.74) is -6.42. The Morgan fingerprint density at radius 3 is 2.41 bits per heavy atom. The second kappa shape index (κ2) is 6.33. The molecular weight excluding hydrogens is 393 g/mol. The Morgan fingerprint density at radius 2 is 1.83 bits per heavy atom. The first kappa shape index (κ1) is 19.0. The Bertz CT molecular complexity index is 1120. The second-order valence-corrected chi connectivity index (χ2v) is 7.02. The van der Waals surface area contributed by atoms with Crippen LogP contribution in [0.5, 0.6) is 0 Å². The molecule has 2 heterocycles. The number of H-pyrrole nitrogens is 1. The van der Waals surface area contributed by atoms with Gasteiger partial charge in [0.15, 0.2) is 0 Å². The van der Waals surface area contributed by atoms with E-state index in [1.54, 1.807) is 35.6 Å². The van der Waals surface area contributed by atoms with Gasteiger partial charge in [-0.2, -0.15) is 13.2 Å². The Balaban J connectivity index is 1.92. The lowest BCUT2D eigenvalue weighted by molar-refractivity contribution is -0.201. The molecule has 1 aliphatic carbocycles. The summed E-state index contributed by atoms with van der Waals surface area (Å²) >= 11 is 0. The molecule has 3 N–H and O–H groups in total. The molecule has 0 saturated heterocycles. The van der Waals surface area contributed by atoms with Crippen LogP contribution < -0.4 is 21.9 Å². The summed E-state index contributed by atoms with van der Waals surface area (Å²) in [7, 11) is 0. The average molecular weight is 408 g/mol. The van der Waals surface area contributed by atoms with Crippen LogP contribution in [0.25, 0.3) is 0 Å². The van der Waals surface area contributed by atoms with Crippen molar-refractivity contribution < 1.29 is 22.8 Å². The number of hydrogen-bond donors (Lipinski definition) is 3. The van der Waals surface area contributed by atoms with E-state index < -0.39 is 52.1 Å². The van der Waals surface area contributed by atoms with Crippen LogP contribution in [0.15, 0.2) is 39.9 Å². The van der Waals surface area contributed by atoms with Crippen molar-refractivity contribution >= 4 is 17.6 Å². The van der Waals surface area contributed by atoms with Crippen molar-refractivity contribution in [3.63, 3.8) is 0 Å². The first-order valence-electron chi connectivity index (χ1n) is 8.77. The van der Waals surface area contributed by atoms with Gasteiger partial charge in [0.05, 0.1) is 6.54 Å². The molecule has 1 aromatic heterocycles.